The van der Waals surface area contributed by atoms with Gasteiger partial charge in [-0.25, -0.2) is 4.79 Å². The van der Waals surface area contributed by atoms with E-state index in [2.05, 4.69) is 0 Å². The fourth-order valence-corrected chi connectivity index (χ4v) is 2.59. The van der Waals surface area contributed by atoms with Gasteiger partial charge in [-0.3, -0.25) is 0 Å². The molecule has 0 aliphatic heterocycles. The van der Waals surface area contributed by atoms with Crippen LogP contribution < -0.4 is 15.1 Å². The molecule has 124 valence electrons. The molecule has 0 aliphatic carbocycles. The second kappa shape index (κ2) is 5.69. The van der Waals surface area contributed by atoms with Crippen molar-refractivity contribution < 1.29 is 29.2 Å². The van der Waals surface area contributed by atoms with Crippen molar-refractivity contribution in [2.45, 2.75) is 0 Å². The van der Waals surface area contributed by atoms with Gasteiger partial charge in [0.15, 0.2) is 11.3 Å². The molecule has 0 atom stereocenters. The summed E-state index contributed by atoms with van der Waals surface area (Å²) in [5.41, 5.74) is -0.882. The molecule has 0 spiro atoms. The van der Waals surface area contributed by atoms with Crippen molar-refractivity contribution in [3.8, 4) is 39.9 Å². The zero-order chi connectivity index (χ0) is 17.4. The molecule has 0 saturated carbocycles. The number of phenolic OH excluding ortho intramolecular Hbond substituents is 2. The third-order valence-electron chi connectivity index (χ3n) is 3.66. The largest absolute Gasteiger partial charge is 0.506 e. The highest BCUT2D eigenvalue weighted by Crippen LogP contribution is 2.52. The zero-order valence-corrected chi connectivity index (χ0v) is 12.9. The summed E-state index contributed by atoms with van der Waals surface area (Å²) in [6.45, 7) is 0. The van der Waals surface area contributed by atoms with E-state index in [-0.39, 0.29) is 28.0 Å². The molecule has 0 bridgehead atoms. The topological polar surface area (TPSA) is 109 Å². The third kappa shape index (κ3) is 2.10. The molecule has 3 rings (SSSR count). The van der Waals surface area contributed by atoms with Crippen LogP contribution in [-0.4, -0.2) is 29.5 Å². The van der Waals surface area contributed by atoms with Gasteiger partial charge in [0.25, 0.3) is 0 Å². The van der Waals surface area contributed by atoms with E-state index in [1.807, 2.05) is 0 Å². The van der Waals surface area contributed by atoms with Crippen molar-refractivity contribution in [1.82, 2.24) is 0 Å². The lowest BCUT2D eigenvalue weighted by molar-refractivity contribution is 0.322. The van der Waals surface area contributed by atoms with E-state index in [0.29, 0.717) is 5.56 Å². The van der Waals surface area contributed by atoms with Gasteiger partial charge in [-0.1, -0.05) is 30.3 Å². The van der Waals surface area contributed by atoms with E-state index in [4.69, 9.17) is 13.9 Å². The zero-order valence-electron chi connectivity index (χ0n) is 12.9. The lowest BCUT2D eigenvalue weighted by Crippen LogP contribution is -2.05. The number of ether oxygens (including phenoxy) is 2. The Labute approximate surface area is 135 Å². The molecular formula is C17H14O7. The molecule has 1 aromatic heterocycles. The number of fused-ring (bicyclic) bond motifs is 1. The van der Waals surface area contributed by atoms with Crippen LogP contribution >= 0.6 is 0 Å². The van der Waals surface area contributed by atoms with Crippen molar-refractivity contribution in [1.29, 1.82) is 0 Å². The van der Waals surface area contributed by atoms with Crippen LogP contribution in [0.4, 0.5) is 0 Å². The highest BCUT2D eigenvalue weighted by atomic mass is 16.5. The van der Waals surface area contributed by atoms with Gasteiger partial charge in [0.05, 0.1) is 14.2 Å². The molecule has 1 heterocycles. The van der Waals surface area contributed by atoms with Crippen LogP contribution in [0.5, 0.6) is 28.7 Å². The molecule has 2 aromatic carbocycles. The standard InChI is InChI=1S/C17H14O7/c1-22-14-10-11(18)9(8-6-4-3-5-7-8)17(21)24-15(10)13(20)16(23-2)12(14)19/h3-7,18-20H,1-2H3. The lowest BCUT2D eigenvalue weighted by Gasteiger charge is -2.15. The Morgan fingerprint density at radius 3 is 2.08 bits per heavy atom. The average molecular weight is 330 g/mol. The summed E-state index contributed by atoms with van der Waals surface area (Å²) in [6.07, 6.45) is 0. The van der Waals surface area contributed by atoms with Gasteiger partial charge in [-0.05, 0) is 5.56 Å². The van der Waals surface area contributed by atoms with Gasteiger partial charge in [-0.2, -0.15) is 0 Å². The minimum absolute atomic E-state index is 0.106. The Bertz CT molecular complexity index is 974. The third-order valence-corrected chi connectivity index (χ3v) is 3.66. The highest BCUT2D eigenvalue weighted by Gasteiger charge is 2.28. The van der Waals surface area contributed by atoms with Crippen LogP contribution in [0.15, 0.2) is 39.5 Å². The fraction of sp³-hybridized carbons (Fsp3) is 0.118. The van der Waals surface area contributed by atoms with Gasteiger partial charge in [0, 0.05) is 0 Å². The van der Waals surface area contributed by atoms with Crippen LogP contribution in [0, 0.1) is 0 Å². The van der Waals surface area contributed by atoms with E-state index in [1.165, 1.54) is 14.2 Å². The summed E-state index contributed by atoms with van der Waals surface area (Å²) in [5.74, 6) is -2.11. The molecule has 3 N–H and O–H groups in total. The van der Waals surface area contributed by atoms with E-state index >= 15 is 0 Å². The summed E-state index contributed by atoms with van der Waals surface area (Å²) in [5, 5.41) is 30.8. The van der Waals surface area contributed by atoms with E-state index in [1.54, 1.807) is 30.3 Å². The summed E-state index contributed by atoms with van der Waals surface area (Å²) in [7, 11) is 2.48. The molecule has 0 saturated heterocycles. The van der Waals surface area contributed by atoms with E-state index < -0.39 is 22.9 Å². The quantitative estimate of drug-likeness (QED) is 0.633. The van der Waals surface area contributed by atoms with Crippen molar-refractivity contribution in [3.63, 3.8) is 0 Å². The predicted molar refractivity (Wildman–Crippen MR) is 86.0 cm³/mol. The van der Waals surface area contributed by atoms with Gasteiger partial charge in [-0.15, -0.1) is 0 Å². The number of phenols is 2. The average Bonchev–Trinajstić information content (AvgIpc) is 2.58. The van der Waals surface area contributed by atoms with Crippen LogP contribution in [0.25, 0.3) is 22.1 Å². The molecule has 0 amide bonds. The molecule has 7 nitrogen and oxygen atoms in total. The van der Waals surface area contributed by atoms with E-state index in [0.717, 1.165) is 0 Å². The number of benzene rings is 2. The molecule has 7 heteroatoms. The van der Waals surface area contributed by atoms with Gasteiger partial charge >= 0.3 is 5.63 Å². The monoisotopic (exact) mass is 330 g/mol. The van der Waals surface area contributed by atoms with Crippen molar-refractivity contribution in [2.75, 3.05) is 14.2 Å². The van der Waals surface area contributed by atoms with Gasteiger partial charge in [0.1, 0.15) is 16.7 Å². The molecule has 24 heavy (non-hydrogen) atoms. The summed E-state index contributed by atoms with van der Waals surface area (Å²) in [6, 6.07) is 8.38. The van der Waals surface area contributed by atoms with Crippen LogP contribution in [0.3, 0.4) is 0 Å². The summed E-state index contributed by atoms with van der Waals surface area (Å²) < 4.78 is 15.2. The van der Waals surface area contributed by atoms with Crippen molar-refractivity contribution >= 4 is 11.0 Å². The van der Waals surface area contributed by atoms with Crippen LogP contribution in [0.1, 0.15) is 0 Å². The minimum Gasteiger partial charge on any atom is -0.506 e. The second-order valence-corrected chi connectivity index (χ2v) is 4.95. The summed E-state index contributed by atoms with van der Waals surface area (Å²) in [4.78, 5) is 12.3. The maximum Gasteiger partial charge on any atom is 0.348 e. The first kappa shape index (κ1) is 15.5. The first-order chi connectivity index (χ1) is 11.5. The van der Waals surface area contributed by atoms with Crippen molar-refractivity contribution in [3.05, 3.63) is 40.8 Å². The molecule has 0 fully saturated rings. The molecule has 3 aromatic rings. The first-order valence-electron chi connectivity index (χ1n) is 6.92. The fourth-order valence-electron chi connectivity index (χ4n) is 2.59. The Balaban J connectivity index is 2.52. The Hall–Kier alpha value is -3.35. The SMILES string of the molecule is COc1c(O)c(OC)c2c(O)c(-c3ccccc3)c(=O)oc2c1O. The number of hydrogen-bond acceptors (Lipinski definition) is 7. The molecule has 0 unspecified atom stereocenters. The van der Waals surface area contributed by atoms with Gasteiger partial charge < -0.3 is 29.2 Å². The normalized spacial score (nSPS) is 10.8. The Kier molecular flexibility index (Phi) is 3.69. The van der Waals surface area contributed by atoms with Crippen LogP contribution in [0.2, 0.25) is 0 Å². The maximum absolute atomic E-state index is 12.3. The predicted octanol–water partition coefficient (Wildman–Crippen LogP) is 2.59. The summed E-state index contributed by atoms with van der Waals surface area (Å²) >= 11 is 0. The first-order valence-corrected chi connectivity index (χ1v) is 6.92. The Morgan fingerprint density at radius 1 is 0.875 bits per heavy atom. The number of aromatic hydroxyl groups is 3. The Morgan fingerprint density at radius 2 is 1.50 bits per heavy atom. The highest BCUT2D eigenvalue weighted by molar-refractivity contribution is 6.01. The molecular weight excluding hydrogens is 316 g/mol. The maximum atomic E-state index is 12.3. The smallest absolute Gasteiger partial charge is 0.348 e. The molecule has 0 radical (unpaired) electrons. The number of hydrogen-bond donors (Lipinski definition) is 3. The lowest BCUT2D eigenvalue weighted by atomic mass is 10.0. The van der Waals surface area contributed by atoms with Gasteiger partial charge in [0.2, 0.25) is 17.2 Å². The minimum atomic E-state index is -0.851. The second-order valence-electron chi connectivity index (χ2n) is 4.95. The van der Waals surface area contributed by atoms with Crippen LogP contribution in [-0.2, 0) is 0 Å². The van der Waals surface area contributed by atoms with Crippen molar-refractivity contribution in [2.24, 2.45) is 0 Å². The molecule has 0 aliphatic rings. The number of methoxy groups -OCH3 is 2. The number of rotatable bonds is 3. The van der Waals surface area contributed by atoms with E-state index in [9.17, 15) is 20.1 Å².